The van der Waals surface area contributed by atoms with E-state index in [4.69, 9.17) is 23.7 Å². The van der Waals surface area contributed by atoms with Crippen LogP contribution in [0.3, 0.4) is 0 Å². The van der Waals surface area contributed by atoms with E-state index in [-0.39, 0.29) is 23.7 Å². The summed E-state index contributed by atoms with van der Waals surface area (Å²) < 4.78 is 27.1. The van der Waals surface area contributed by atoms with E-state index in [1.54, 1.807) is 62.3 Å². The molecule has 39 heavy (non-hydrogen) atoms. The van der Waals surface area contributed by atoms with E-state index in [0.717, 1.165) is 5.56 Å². The van der Waals surface area contributed by atoms with Crippen LogP contribution in [0.15, 0.2) is 30.3 Å². The van der Waals surface area contributed by atoms with Gasteiger partial charge in [-0.3, -0.25) is 14.4 Å². The highest BCUT2D eigenvalue weighted by molar-refractivity contribution is 6.02. The van der Waals surface area contributed by atoms with Gasteiger partial charge in [-0.2, -0.15) is 0 Å². The van der Waals surface area contributed by atoms with E-state index in [1.807, 2.05) is 6.07 Å². The number of rotatable bonds is 8. The standard InChI is InChI=1S/C29H36N2O8/c1-7-39-29(34)17-10-12-31(13-11-17)28(33)25-19-15-23(37-5)24(38-6)16-20(19)27(32)30(2)26(25)18-8-9-21(35-3)22(14-18)36-4/h8-9,14-17,25-26H,7,10-13H2,1-6H3. The number of carbonyl (C=O) groups is 3. The molecule has 2 unspecified atom stereocenters. The molecule has 2 aromatic carbocycles. The minimum atomic E-state index is -0.736. The lowest BCUT2D eigenvalue weighted by Crippen LogP contribution is -2.49. The summed E-state index contributed by atoms with van der Waals surface area (Å²) in [5.74, 6) is 0.306. The minimum Gasteiger partial charge on any atom is -0.493 e. The van der Waals surface area contributed by atoms with E-state index in [2.05, 4.69) is 0 Å². The third-order valence-electron chi connectivity index (χ3n) is 7.62. The van der Waals surface area contributed by atoms with Crippen molar-refractivity contribution in [3.8, 4) is 23.0 Å². The molecular weight excluding hydrogens is 504 g/mol. The summed E-state index contributed by atoms with van der Waals surface area (Å²) in [7, 11) is 7.81. The monoisotopic (exact) mass is 540 g/mol. The van der Waals surface area contributed by atoms with Crippen LogP contribution >= 0.6 is 0 Å². The quantitative estimate of drug-likeness (QED) is 0.469. The van der Waals surface area contributed by atoms with Crippen LogP contribution < -0.4 is 18.9 Å². The number of hydrogen-bond donors (Lipinski definition) is 0. The Hall–Kier alpha value is -3.95. The molecule has 10 heteroatoms. The van der Waals surface area contributed by atoms with Crippen molar-refractivity contribution in [2.45, 2.75) is 31.7 Å². The highest BCUT2D eigenvalue weighted by atomic mass is 16.5. The molecule has 0 radical (unpaired) electrons. The van der Waals surface area contributed by atoms with Gasteiger partial charge in [0.15, 0.2) is 23.0 Å². The number of carbonyl (C=O) groups excluding carboxylic acids is 3. The van der Waals surface area contributed by atoms with Gasteiger partial charge in [0, 0.05) is 25.7 Å². The molecule has 0 aromatic heterocycles. The summed E-state index contributed by atoms with van der Waals surface area (Å²) in [4.78, 5) is 43.6. The fourth-order valence-corrected chi connectivity index (χ4v) is 5.56. The Morgan fingerprint density at radius 2 is 1.46 bits per heavy atom. The number of nitrogens with zero attached hydrogens (tertiary/aromatic N) is 2. The normalized spacial score (nSPS) is 19.3. The molecule has 0 bridgehead atoms. The number of amides is 2. The van der Waals surface area contributed by atoms with Gasteiger partial charge in [0.2, 0.25) is 5.91 Å². The number of esters is 1. The molecule has 2 aromatic rings. The first-order valence-corrected chi connectivity index (χ1v) is 13.0. The molecule has 2 heterocycles. The lowest BCUT2D eigenvalue weighted by atomic mass is 9.78. The number of methoxy groups -OCH3 is 4. The van der Waals surface area contributed by atoms with Crippen LogP contribution in [0.1, 0.15) is 53.2 Å². The molecule has 0 aliphatic carbocycles. The van der Waals surface area contributed by atoms with Gasteiger partial charge < -0.3 is 33.5 Å². The predicted octanol–water partition coefficient (Wildman–Crippen LogP) is 3.43. The van der Waals surface area contributed by atoms with E-state index >= 15 is 0 Å². The van der Waals surface area contributed by atoms with Gasteiger partial charge in [-0.1, -0.05) is 6.07 Å². The summed E-state index contributed by atoms with van der Waals surface area (Å²) in [5.41, 5.74) is 1.67. The second-order valence-corrected chi connectivity index (χ2v) is 9.60. The Labute approximate surface area is 228 Å². The van der Waals surface area contributed by atoms with Gasteiger partial charge in [0.1, 0.15) is 0 Å². The maximum absolute atomic E-state index is 14.3. The zero-order chi connectivity index (χ0) is 28.3. The Balaban J connectivity index is 1.80. The van der Waals surface area contributed by atoms with Crippen LogP contribution in [0.4, 0.5) is 0 Å². The number of likely N-dealkylation sites (N-methyl/N-ethyl adjacent to an activating group) is 1. The van der Waals surface area contributed by atoms with Crippen LogP contribution in [-0.4, -0.2) is 82.8 Å². The Morgan fingerprint density at radius 1 is 0.872 bits per heavy atom. The van der Waals surface area contributed by atoms with E-state index < -0.39 is 12.0 Å². The van der Waals surface area contributed by atoms with Crippen molar-refractivity contribution < 1.29 is 38.1 Å². The highest BCUT2D eigenvalue weighted by Gasteiger charge is 2.46. The van der Waals surface area contributed by atoms with Gasteiger partial charge in [-0.25, -0.2) is 0 Å². The molecule has 1 saturated heterocycles. The molecule has 2 atom stereocenters. The third kappa shape index (κ3) is 5.20. The molecule has 2 aliphatic heterocycles. The van der Waals surface area contributed by atoms with Crippen molar-refractivity contribution >= 4 is 17.8 Å². The number of piperidine rings is 1. The molecule has 0 spiro atoms. The van der Waals surface area contributed by atoms with Gasteiger partial charge in [-0.15, -0.1) is 0 Å². The lowest BCUT2D eigenvalue weighted by molar-refractivity contribution is -0.151. The number of fused-ring (bicyclic) bond motifs is 1. The van der Waals surface area contributed by atoms with E-state index in [0.29, 0.717) is 66.7 Å². The molecule has 4 rings (SSSR count). The Morgan fingerprint density at radius 3 is 2.05 bits per heavy atom. The lowest BCUT2D eigenvalue weighted by Gasteiger charge is -2.43. The molecule has 10 nitrogen and oxygen atoms in total. The highest BCUT2D eigenvalue weighted by Crippen LogP contribution is 2.47. The topological polar surface area (TPSA) is 104 Å². The van der Waals surface area contributed by atoms with Crippen molar-refractivity contribution in [1.82, 2.24) is 9.80 Å². The van der Waals surface area contributed by atoms with Crippen LogP contribution in [0.5, 0.6) is 23.0 Å². The van der Waals surface area contributed by atoms with Crippen molar-refractivity contribution in [3.63, 3.8) is 0 Å². The smallest absolute Gasteiger partial charge is 0.309 e. The number of hydrogen-bond acceptors (Lipinski definition) is 8. The summed E-state index contributed by atoms with van der Waals surface area (Å²) in [6.45, 7) is 2.94. The average Bonchev–Trinajstić information content (AvgIpc) is 2.97. The summed E-state index contributed by atoms with van der Waals surface area (Å²) in [5, 5.41) is 0. The maximum Gasteiger partial charge on any atom is 0.309 e. The van der Waals surface area contributed by atoms with Crippen molar-refractivity contribution in [2.24, 2.45) is 5.92 Å². The zero-order valence-electron chi connectivity index (χ0n) is 23.3. The van der Waals surface area contributed by atoms with Gasteiger partial charge in [0.05, 0.1) is 52.9 Å². The van der Waals surface area contributed by atoms with Crippen molar-refractivity contribution in [1.29, 1.82) is 0 Å². The molecule has 0 saturated carbocycles. The van der Waals surface area contributed by atoms with E-state index in [9.17, 15) is 14.4 Å². The van der Waals surface area contributed by atoms with Crippen LogP contribution in [0, 0.1) is 5.92 Å². The first kappa shape index (κ1) is 28.1. The van der Waals surface area contributed by atoms with Crippen molar-refractivity contribution in [2.75, 3.05) is 55.2 Å². The second-order valence-electron chi connectivity index (χ2n) is 9.60. The maximum atomic E-state index is 14.3. The second kappa shape index (κ2) is 11.8. The molecule has 0 N–H and O–H groups in total. The Bertz CT molecular complexity index is 1240. The third-order valence-corrected chi connectivity index (χ3v) is 7.62. The fraction of sp³-hybridized carbons (Fsp3) is 0.483. The molecule has 2 aliphatic rings. The summed E-state index contributed by atoms with van der Waals surface area (Å²) in [6, 6.07) is 8.13. The van der Waals surface area contributed by atoms with Gasteiger partial charge in [-0.05, 0) is 55.2 Å². The van der Waals surface area contributed by atoms with Crippen LogP contribution in [0.2, 0.25) is 0 Å². The van der Waals surface area contributed by atoms with Gasteiger partial charge >= 0.3 is 5.97 Å². The first-order chi connectivity index (χ1) is 18.8. The number of benzene rings is 2. The molecule has 2 amide bonds. The average molecular weight is 541 g/mol. The fourth-order valence-electron chi connectivity index (χ4n) is 5.56. The molecule has 210 valence electrons. The number of likely N-dealkylation sites (tertiary alicyclic amines) is 1. The minimum absolute atomic E-state index is 0.134. The Kier molecular flexibility index (Phi) is 8.52. The van der Waals surface area contributed by atoms with Gasteiger partial charge in [0.25, 0.3) is 5.91 Å². The largest absolute Gasteiger partial charge is 0.493 e. The number of ether oxygens (including phenoxy) is 5. The summed E-state index contributed by atoms with van der Waals surface area (Å²) in [6.07, 6.45) is 1.04. The van der Waals surface area contributed by atoms with Crippen LogP contribution in [0.25, 0.3) is 0 Å². The first-order valence-electron chi connectivity index (χ1n) is 13.0. The van der Waals surface area contributed by atoms with Crippen LogP contribution in [-0.2, 0) is 14.3 Å². The molecule has 1 fully saturated rings. The summed E-state index contributed by atoms with van der Waals surface area (Å²) >= 11 is 0. The van der Waals surface area contributed by atoms with Crippen molar-refractivity contribution in [3.05, 3.63) is 47.0 Å². The molecular formula is C29H36N2O8. The predicted molar refractivity (Wildman–Crippen MR) is 143 cm³/mol. The van der Waals surface area contributed by atoms with E-state index in [1.165, 1.54) is 14.2 Å². The SMILES string of the molecule is CCOC(=O)C1CCN(C(=O)C2c3cc(OC)c(OC)cc3C(=O)N(C)C2c2ccc(OC)c(OC)c2)CC1. The zero-order valence-corrected chi connectivity index (χ0v) is 23.3.